The van der Waals surface area contributed by atoms with Crippen LogP contribution in [0, 0.1) is 0 Å². The van der Waals surface area contributed by atoms with Crippen LogP contribution in [-0.2, 0) is 0 Å². The van der Waals surface area contributed by atoms with Gasteiger partial charge in [-0.2, -0.15) is 5.10 Å². The van der Waals surface area contributed by atoms with E-state index in [1.54, 1.807) is 33.6 Å². The lowest BCUT2D eigenvalue weighted by Crippen LogP contribution is -2.19. The van der Waals surface area contributed by atoms with Gasteiger partial charge in [0.25, 0.3) is 5.91 Å². The molecule has 1 aliphatic heterocycles. The Morgan fingerprint density at radius 2 is 1.56 bits per heavy atom. The highest BCUT2D eigenvalue weighted by Gasteiger charge is 2.19. The maximum absolute atomic E-state index is 12.8. The molecule has 7 nitrogen and oxygen atoms in total. The van der Waals surface area contributed by atoms with Crippen LogP contribution < -0.4 is 24.5 Å². The molecule has 166 valence electrons. The summed E-state index contributed by atoms with van der Waals surface area (Å²) in [5.74, 6) is 1.54. The Kier molecular flexibility index (Phi) is 6.44. The van der Waals surface area contributed by atoms with Crippen LogP contribution in [0.25, 0.3) is 10.8 Å². The molecule has 0 bridgehead atoms. The molecule has 0 aliphatic carbocycles. The lowest BCUT2D eigenvalue weighted by Gasteiger charge is -2.22. The largest absolute Gasteiger partial charge is 0.496 e. The molecule has 0 unspecified atom stereocenters. The van der Waals surface area contributed by atoms with Crippen molar-refractivity contribution in [3.8, 4) is 17.2 Å². The smallest absolute Gasteiger partial charge is 0.275 e. The third-order valence-corrected chi connectivity index (χ3v) is 5.66. The third-order valence-electron chi connectivity index (χ3n) is 5.66. The number of nitrogens with zero attached hydrogens (tertiary/aromatic N) is 2. The Hall–Kier alpha value is -3.74. The number of amides is 1. The van der Waals surface area contributed by atoms with Gasteiger partial charge in [0.15, 0.2) is 0 Å². The van der Waals surface area contributed by atoms with Crippen LogP contribution in [-0.4, -0.2) is 46.5 Å². The second-order valence-corrected chi connectivity index (χ2v) is 7.56. The summed E-state index contributed by atoms with van der Waals surface area (Å²) in [4.78, 5) is 15.1. The summed E-state index contributed by atoms with van der Waals surface area (Å²) in [5.41, 5.74) is 4.71. The molecule has 0 aromatic heterocycles. The van der Waals surface area contributed by atoms with Crippen LogP contribution in [0.15, 0.2) is 53.6 Å². The molecule has 32 heavy (non-hydrogen) atoms. The van der Waals surface area contributed by atoms with E-state index < -0.39 is 0 Å². The van der Waals surface area contributed by atoms with Crippen molar-refractivity contribution in [2.45, 2.75) is 12.8 Å². The van der Waals surface area contributed by atoms with Gasteiger partial charge in [0.2, 0.25) is 0 Å². The number of fused-ring (bicyclic) bond motifs is 1. The topological polar surface area (TPSA) is 72.4 Å². The summed E-state index contributed by atoms with van der Waals surface area (Å²) in [7, 11) is 4.81. The average molecular weight is 434 g/mol. The van der Waals surface area contributed by atoms with E-state index >= 15 is 0 Å². The second kappa shape index (κ2) is 9.60. The molecular weight excluding hydrogens is 406 g/mol. The molecule has 1 fully saturated rings. The maximum atomic E-state index is 12.8. The lowest BCUT2D eigenvalue weighted by molar-refractivity contribution is 0.0952. The minimum Gasteiger partial charge on any atom is -0.496 e. The number of ether oxygens (including phenoxy) is 3. The number of carbonyl (C=O) groups is 1. The van der Waals surface area contributed by atoms with E-state index in [2.05, 4.69) is 15.4 Å². The molecule has 0 saturated carbocycles. The predicted octanol–water partition coefficient (Wildman–Crippen LogP) is 4.23. The number of anilines is 1. The normalized spacial score (nSPS) is 13.5. The van der Waals surface area contributed by atoms with Crippen LogP contribution >= 0.6 is 0 Å². The Morgan fingerprint density at radius 3 is 2.22 bits per heavy atom. The fourth-order valence-electron chi connectivity index (χ4n) is 4.00. The van der Waals surface area contributed by atoms with Crippen molar-refractivity contribution in [2.24, 2.45) is 5.10 Å². The Bertz CT molecular complexity index is 1150. The van der Waals surface area contributed by atoms with Gasteiger partial charge in [-0.1, -0.05) is 24.3 Å². The molecule has 1 aliphatic rings. The number of methoxy groups -OCH3 is 3. The van der Waals surface area contributed by atoms with Crippen molar-refractivity contribution >= 4 is 28.6 Å². The molecule has 4 rings (SSSR count). The van der Waals surface area contributed by atoms with Crippen molar-refractivity contribution in [1.82, 2.24) is 5.43 Å². The van der Waals surface area contributed by atoms with Crippen LogP contribution in [0.4, 0.5) is 5.69 Å². The van der Waals surface area contributed by atoms with E-state index in [-0.39, 0.29) is 5.91 Å². The quantitative estimate of drug-likeness (QED) is 0.446. The highest BCUT2D eigenvalue weighted by molar-refractivity contribution is 6.02. The molecule has 0 spiro atoms. The average Bonchev–Trinajstić information content (AvgIpc) is 3.37. The van der Waals surface area contributed by atoms with Crippen LogP contribution in [0.2, 0.25) is 0 Å². The SMILES string of the molecule is COc1cc(N2CCCC2)c(OC)cc1/C=N\NC(=O)c1cc2ccccc2cc1OC. The first-order valence-corrected chi connectivity index (χ1v) is 10.6. The molecule has 7 heteroatoms. The summed E-state index contributed by atoms with van der Waals surface area (Å²) in [6.07, 6.45) is 3.89. The number of hydrazone groups is 1. The lowest BCUT2D eigenvalue weighted by atomic mass is 10.1. The van der Waals surface area contributed by atoms with Gasteiger partial charge >= 0.3 is 0 Å². The fraction of sp³-hybridized carbons (Fsp3) is 0.280. The summed E-state index contributed by atoms with van der Waals surface area (Å²) < 4.78 is 16.6. The number of benzene rings is 3. The predicted molar refractivity (Wildman–Crippen MR) is 127 cm³/mol. The summed E-state index contributed by atoms with van der Waals surface area (Å²) in [6.45, 7) is 1.99. The molecule has 1 amide bonds. The zero-order valence-corrected chi connectivity index (χ0v) is 18.6. The highest BCUT2D eigenvalue weighted by Crippen LogP contribution is 2.36. The van der Waals surface area contributed by atoms with Gasteiger partial charge in [0.1, 0.15) is 17.2 Å². The Balaban J connectivity index is 1.57. The summed E-state index contributed by atoms with van der Waals surface area (Å²) in [6, 6.07) is 15.3. The van der Waals surface area contributed by atoms with Crippen molar-refractivity contribution in [1.29, 1.82) is 0 Å². The molecule has 1 heterocycles. The van der Waals surface area contributed by atoms with Crippen molar-refractivity contribution in [3.05, 3.63) is 59.7 Å². The van der Waals surface area contributed by atoms with E-state index in [0.717, 1.165) is 35.3 Å². The first kappa shape index (κ1) is 21.5. The monoisotopic (exact) mass is 433 g/mol. The number of nitrogens with one attached hydrogen (secondary N) is 1. The van der Waals surface area contributed by atoms with Crippen LogP contribution in [0.3, 0.4) is 0 Å². The number of hydrogen-bond acceptors (Lipinski definition) is 6. The summed E-state index contributed by atoms with van der Waals surface area (Å²) >= 11 is 0. The van der Waals surface area contributed by atoms with Gasteiger partial charge in [0.05, 0.1) is 38.8 Å². The number of rotatable bonds is 7. The first-order valence-electron chi connectivity index (χ1n) is 10.6. The standard InChI is InChI=1S/C25H27N3O4/c1-30-22-15-21(28-10-6-7-11-28)24(32-3)14-19(22)16-26-27-25(29)20-12-17-8-4-5-9-18(17)13-23(20)31-2/h4-5,8-9,12-16H,6-7,10-11H2,1-3H3,(H,27,29)/b26-16-. The van der Waals surface area contributed by atoms with Gasteiger partial charge < -0.3 is 19.1 Å². The highest BCUT2D eigenvalue weighted by atomic mass is 16.5. The van der Waals surface area contributed by atoms with Gasteiger partial charge in [-0.05, 0) is 41.8 Å². The molecule has 3 aromatic rings. The van der Waals surface area contributed by atoms with Crippen LogP contribution in [0.1, 0.15) is 28.8 Å². The van der Waals surface area contributed by atoms with Crippen molar-refractivity contribution < 1.29 is 19.0 Å². The van der Waals surface area contributed by atoms with E-state index in [1.165, 1.54) is 12.8 Å². The van der Waals surface area contributed by atoms with Gasteiger partial charge in [-0.15, -0.1) is 0 Å². The maximum Gasteiger partial charge on any atom is 0.275 e. The molecule has 1 N–H and O–H groups in total. The number of carbonyl (C=O) groups excluding carboxylic acids is 1. The summed E-state index contributed by atoms with van der Waals surface area (Å²) in [5, 5.41) is 6.11. The minimum atomic E-state index is -0.358. The van der Waals surface area contributed by atoms with Crippen molar-refractivity contribution in [2.75, 3.05) is 39.3 Å². The Morgan fingerprint density at radius 1 is 0.906 bits per heavy atom. The molecule has 3 aromatic carbocycles. The van der Waals surface area contributed by atoms with Crippen LogP contribution in [0.5, 0.6) is 17.2 Å². The van der Waals surface area contributed by atoms with Gasteiger partial charge in [-0.3, -0.25) is 4.79 Å². The minimum absolute atomic E-state index is 0.358. The molecule has 0 radical (unpaired) electrons. The van der Waals surface area contributed by atoms with E-state index in [1.807, 2.05) is 42.5 Å². The van der Waals surface area contributed by atoms with Crippen molar-refractivity contribution in [3.63, 3.8) is 0 Å². The molecule has 1 saturated heterocycles. The fourth-order valence-corrected chi connectivity index (χ4v) is 4.00. The zero-order valence-electron chi connectivity index (χ0n) is 18.6. The first-order chi connectivity index (χ1) is 15.6. The molecular formula is C25H27N3O4. The zero-order chi connectivity index (χ0) is 22.5. The number of hydrogen-bond donors (Lipinski definition) is 1. The third kappa shape index (κ3) is 4.32. The van der Waals surface area contributed by atoms with Gasteiger partial charge in [-0.25, -0.2) is 5.43 Å². The van der Waals surface area contributed by atoms with E-state index in [0.29, 0.717) is 22.6 Å². The Labute approximate surface area is 187 Å². The van der Waals surface area contributed by atoms with E-state index in [4.69, 9.17) is 14.2 Å². The molecule has 0 atom stereocenters. The van der Waals surface area contributed by atoms with E-state index in [9.17, 15) is 4.79 Å². The second-order valence-electron chi connectivity index (χ2n) is 7.56. The van der Waals surface area contributed by atoms with Gasteiger partial charge in [0, 0.05) is 24.7 Å².